The Labute approximate surface area is 173 Å². The van der Waals surface area contributed by atoms with Crippen LogP contribution in [0.1, 0.15) is 11.3 Å². The van der Waals surface area contributed by atoms with E-state index in [0.29, 0.717) is 16.1 Å². The van der Waals surface area contributed by atoms with Crippen molar-refractivity contribution in [2.75, 3.05) is 6.26 Å². The molecule has 2 atom stereocenters. The van der Waals surface area contributed by atoms with E-state index in [1.54, 1.807) is 30.5 Å². The molecule has 2 aromatic heterocycles. The van der Waals surface area contributed by atoms with Gasteiger partial charge in [0.05, 0.1) is 12.1 Å². The monoisotopic (exact) mass is 428 g/mol. The molecule has 0 amide bonds. The number of hydrogen-bond donors (Lipinski definition) is 1. The van der Waals surface area contributed by atoms with E-state index in [-0.39, 0.29) is 18.5 Å². The number of rotatable bonds is 6. The number of pyridine rings is 1. The highest BCUT2D eigenvalue weighted by Gasteiger charge is 2.34. The minimum absolute atomic E-state index is 0.0349. The second-order valence-corrected chi connectivity index (χ2v) is 8.42. The number of hydrogen-bond acceptors (Lipinski definition) is 5. The number of benzene rings is 2. The van der Waals surface area contributed by atoms with Gasteiger partial charge in [0.15, 0.2) is 0 Å². The summed E-state index contributed by atoms with van der Waals surface area (Å²) < 4.78 is 41.0. The van der Waals surface area contributed by atoms with Crippen LogP contribution < -0.4 is 0 Å². The van der Waals surface area contributed by atoms with Crippen LogP contribution in [-0.4, -0.2) is 35.3 Å². The molecule has 0 saturated carbocycles. The molecule has 0 aliphatic carbocycles. The molecule has 2 heterocycles. The van der Waals surface area contributed by atoms with Crippen molar-refractivity contribution in [2.45, 2.75) is 23.5 Å². The summed E-state index contributed by atoms with van der Waals surface area (Å²) in [6, 6.07) is 11.9. The fraction of sp³-hybridized carbons (Fsp3) is 0.190. The maximum Gasteiger partial charge on any atom is 0.137 e. The second-order valence-electron chi connectivity index (χ2n) is 7.04. The van der Waals surface area contributed by atoms with Gasteiger partial charge in [0.25, 0.3) is 0 Å². The quantitative estimate of drug-likeness (QED) is 0.511. The van der Waals surface area contributed by atoms with E-state index in [9.17, 15) is 18.1 Å². The molecule has 6 nitrogen and oxygen atoms in total. The lowest BCUT2D eigenvalue weighted by Gasteiger charge is -2.29. The molecule has 0 radical (unpaired) electrons. The van der Waals surface area contributed by atoms with Crippen LogP contribution in [0.3, 0.4) is 0 Å². The minimum Gasteiger partial charge on any atom is -0.383 e. The summed E-state index contributed by atoms with van der Waals surface area (Å²) in [7, 11) is -1.11. The Bertz CT molecular complexity index is 1230. The first-order chi connectivity index (χ1) is 14.3. The van der Waals surface area contributed by atoms with Gasteiger partial charge >= 0.3 is 0 Å². The molecule has 1 N–H and O–H groups in total. The average molecular weight is 428 g/mol. The topological polar surface area (TPSA) is 80.9 Å². The average Bonchev–Trinajstić information content (AvgIpc) is 3.19. The van der Waals surface area contributed by atoms with Crippen molar-refractivity contribution in [3.8, 4) is 0 Å². The lowest BCUT2D eigenvalue weighted by molar-refractivity contribution is 0.0108. The van der Waals surface area contributed by atoms with E-state index < -0.39 is 28.0 Å². The van der Waals surface area contributed by atoms with Gasteiger partial charge in [0.2, 0.25) is 0 Å². The fourth-order valence-electron chi connectivity index (χ4n) is 3.41. The minimum atomic E-state index is -1.74. The molecule has 0 spiro atoms. The molecule has 2 aromatic carbocycles. The maximum atomic E-state index is 14.6. The van der Waals surface area contributed by atoms with Gasteiger partial charge in [0.1, 0.15) is 29.9 Å². The third-order valence-corrected chi connectivity index (χ3v) is 5.76. The smallest absolute Gasteiger partial charge is 0.137 e. The highest BCUT2D eigenvalue weighted by molar-refractivity contribution is 7.84. The predicted molar refractivity (Wildman–Crippen MR) is 108 cm³/mol. The van der Waals surface area contributed by atoms with Crippen LogP contribution in [0.5, 0.6) is 0 Å². The molecule has 0 saturated heterocycles. The Hall–Kier alpha value is -3.04. The van der Waals surface area contributed by atoms with Crippen molar-refractivity contribution in [2.24, 2.45) is 0 Å². The molecule has 154 valence electrons. The van der Waals surface area contributed by atoms with Crippen molar-refractivity contribution in [3.05, 3.63) is 84.1 Å². The Balaban J connectivity index is 1.74. The molecule has 0 fully saturated rings. The zero-order valence-corrected chi connectivity index (χ0v) is 16.8. The Morgan fingerprint density at radius 2 is 1.97 bits per heavy atom. The highest BCUT2D eigenvalue weighted by atomic mass is 32.2. The molecular weight excluding hydrogens is 410 g/mol. The maximum absolute atomic E-state index is 14.6. The van der Waals surface area contributed by atoms with Gasteiger partial charge in [-0.1, -0.05) is 12.1 Å². The van der Waals surface area contributed by atoms with Gasteiger partial charge in [-0.2, -0.15) is 5.10 Å². The Kier molecular flexibility index (Phi) is 5.40. The largest absolute Gasteiger partial charge is 0.383 e. The Morgan fingerprint density at radius 3 is 2.67 bits per heavy atom. The van der Waals surface area contributed by atoms with Crippen LogP contribution in [0.15, 0.2) is 66.1 Å². The zero-order chi connectivity index (χ0) is 21.3. The molecule has 4 aromatic rings. The number of halogens is 2. The predicted octanol–water partition coefficient (Wildman–Crippen LogP) is 2.97. The van der Waals surface area contributed by atoms with Crippen LogP contribution in [0.4, 0.5) is 8.78 Å². The van der Waals surface area contributed by atoms with Gasteiger partial charge in [-0.3, -0.25) is 9.19 Å². The SMILES string of the molecule is CS(=O)c1ccc2nc(CC(O)(Cn3cncn3)c3ccc(F)cc3F)ccc2c1. The molecule has 0 aliphatic rings. The second kappa shape index (κ2) is 8.00. The van der Waals surface area contributed by atoms with E-state index in [1.807, 2.05) is 6.07 Å². The summed E-state index contributed by atoms with van der Waals surface area (Å²) in [5.41, 5.74) is -0.626. The summed E-state index contributed by atoms with van der Waals surface area (Å²) >= 11 is 0. The van der Waals surface area contributed by atoms with Crippen LogP contribution >= 0.6 is 0 Å². The first-order valence-corrected chi connectivity index (χ1v) is 10.6. The molecule has 9 heteroatoms. The fourth-order valence-corrected chi connectivity index (χ4v) is 3.96. The molecule has 0 bridgehead atoms. The summed E-state index contributed by atoms with van der Waals surface area (Å²) in [4.78, 5) is 9.10. The third-order valence-electron chi connectivity index (χ3n) is 4.85. The number of aromatic nitrogens is 4. The molecular formula is C21H18F2N4O2S. The van der Waals surface area contributed by atoms with Gasteiger partial charge in [0, 0.05) is 51.1 Å². The zero-order valence-electron chi connectivity index (χ0n) is 16.0. The van der Waals surface area contributed by atoms with Gasteiger partial charge < -0.3 is 5.11 Å². The lowest BCUT2D eigenvalue weighted by atomic mass is 9.88. The van der Waals surface area contributed by atoms with Gasteiger partial charge in [-0.25, -0.2) is 18.4 Å². The van der Waals surface area contributed by atoms with Crippen LogP contribution in [0.25, 0.3) is 10.9 Å². The number of nitrogens with zero attached hydrogens (tertiary/aromatic N) is 4. The molecule has 30 heavy (non-hydrogen) atoms. The summed E-state index contributed by atoms with van der Waals surface area (Å²) in [5, 5.41) is 16.2. The van der Waals surface area contributed by atoms with Crippen molar-refractivity contribution < 1.29 is 18.1 Å². The van der Waals surface area contributed by atoms with Crippen molar-refractivity contribution >= 4 is 21.7 Å². The van der Waals surface area contributed by atoms with Crippen molar-refractivity contribution in [3.63, 3.8) is 0 Å². The number of fused-ring (bicyclic) bond motifs is 1. The van der Waals surface area contributed by atoms with E-state index in [2.05, 4.69) is 15.1 Å². The van der Waals surface area contributed by atoms with Crippen molar-refractivity contribution in [1.29, 1.82) is 0 Å². The highest BCUT2D eigenvalue weighted by Crippen LogP contribution is 2.30. The van der Waals surface area contributed by atoms with E-state index in [4.69, 9.17) is 0 Å². The molecule has 0 aliphatic heterocycles. The van der Waals surface area contributed by atoms with Crippen molar-refractivity contribution in [1.82, 2.24) is 19.7 Å². The van der Waals surface area contributed by atoms with Crippen LogP contribution in [0.2, 0.25) is 0 Å². The lowest BCUT2D eigenvalue weighted by Crippen LogP contribution is -2.35. The molecule has 2 unspecified atom stereocenters. The molecule has 4 rings (SSSR count). The standard InChI is InChI=1S/C21H18F2N4O2S/c1-30(29)17-5-7-20-14(8-17)2-4-16(26-20)10-21(28,11-27-13-24-12-25-27)18-6-3-15(22)9-19(18)23/h2-9,12-13,28H,10-11H2,1H3. The van der Waals surface area contributed by atoms with Crippen LogP contribution in [-0.2, 0) is 29.4 Å². The van der Waals surface area contributed by atoms with E-state index >= 15 is 0 Å². The summed E-state index contributed by atoms with van der Waals surface area (Å²) in [6.45, 7) is -0.0942. The normalized spacial score (nSPS) is 14.5. The van der Waals surface area contributed by atoms with Crippen LogP contribution in [0, 0.1) is 11.6 Å². The van der Waals surface area contributed by atoms with Gasteiger partial charge in [-0.05, 0) is 30.3 Å². The van der Waals surface area contributed by atoms with Gasteiger partial charge in [-0.15, -0.1) is 0 Å². The summed E-state index contributed by atoms with van der Waals surface area (Å²) in [5.74, 6) is -1.58. The first kappa shape index (κ1) is 20.2. The Morgan fingerprint density at radius 1 is 1.13 bits per heavy atom. The number of aliphatic hydroxyl groups is 1. The summed E-state index contributed by atoms with van der Waals surface area (Å²) in [6.07, 6.45) is 4.29. The third kappa shape index (κ3) is 4.12. The van der Waals surface area contributed by atoms with E-state index in [0.717, 1.165) is 17.5 Å². The van der Waals surface area contributed by atoms with E-state index in [1.165, 1.54) is 23.4 Å². The first-order valence-electron chi connectivity index (χ1n) is 9.07.